The van der Waals surface area contributed by atoms with Gasteiger partial charge in [-0.25, -0.2) is 0 Å². The summed E-state index contributed by atoms with van der Waals surface area (Å²) in [5, 5.41) is 20.1. The lowest BCUT2D eigenvalue weighted by Gasteiger charge is -2.54. The number of hydrogen-bond acceptors (Lipinski definition) is 4. The number of hydrogen-bond donors (Lipinski definition) is 2. The molecule has 6 atom stereocenters. The molecule has 25 heavy (non-hydrogen) atoms. The summed E-state index contributed by atoms with van der Waals surface area (Å²) >= 11 is 0. The van der Waals surface area contributed by atoms with Crippen LogP contribution in [0.1, 0.15) is 52.4 Å². The average Bonchev–Trinajstić information content (AvgIpc) is 2.93. The van der Waals surface area contributed by atoms with Crippen molar-refractivity contribution in [1.82, 2.24) is 0 Å². The lowest BCUT2D eigenvalue weighted by Crippen LogP contribution is -2.50. The number of allylic oxidation sites excluding steroid dienone is 2. The highest BCUT2D eigenvalue weighted by molar-refractivity contribution is 5.92. The van der Waals surface area contributed by atoms with Gasteiger partial charge in [0.1, 0.15) is 6.61 Å². The van der Waals surface area contributed by atoms with Crippen LogP contribution in [0.3, 0.4) is 0 Å². The number of ketones is 2. The molecule has 0 aromatic rings. The molecule has 0 amide bonds. The van der Waals surface area contributed by atoms with Gasteiger partial charge in [-0.15, -0.1) is 0 Å². The van der Waals surface area contributed by atoms with Crippen LogP contribution in [-0.4, -0.2) is 34.5 Å². The first-order chi connectivity index (χ1) is 11.8. The van der Waals surface area contributed by atoms with Crippen LogP contribution < -0.4 is 0 Å². The van der Waals surface area contributed by atoms with E-state index in [0.717, 1.165) is 37.7 Å². The van der Waals surface area contributed by atoms with Crippen LogP contribution in [0.15, 0.2) is 23.3 Å². The number of rotatable bonds is 2. The second-order valence-electron chi connectivity index (χ2n) is 8.93. The molecule has 0 bridgehead atoms. The molecule has 0 aromatic heterocycles. The molecule has 2 saturated carbocycles. The highest BCUT2D eigenvalue weighted by Crippen LogP contribution is 2.64. The van der Waals surface area contributed by atoms with Crippen LogP contribution in [0, 0.1) is 28.6 Å². The van der Waals surface area contributed by atoms with Crippen LogP contribution in [0.4, 0.5) is 0 Å². The van der Waals surface area contributed by atoms with Crippen LogP contribution in [-0.2, 0) is 9.59 Å². The van der Waals surface area contributed by atoms with E-state index < -0.39 is 11.5 Å². The fourth-order valence-corrected chi connectivity index (χ4v) is 6.54. The molecule has 0 heterocycles. The Morgan fingerprint density at radius 2 is 2.04 bits per heavy atom. The number of aliphatic hydroxyl groups is 2. The number of fused-ring (bicyclic) bond motifs is 5. The minimum Gasteiger partial charge on any atom is -0.391 e. The van der Waals surface area contributed by atoms with Crippen molar-refractivity contribution in [3.8, 4) is 0 Å². The number of Topliss-reactive ketones (excluding diaryl/α,β-unsaturated/α-hetero) is 1. The second-order valence-corrected chi connectivity index (χ2v) is 8.93. The number of carbonyl (C=O) groups excluding carboxylic acids is 2. The normalized spacial score (nSPS) is 45.8. The molecule has 0 radical (unpaired) electrons. The van der Waals surface area contributed by atoms with E-state index in [0.29, 0.717) is 11.8 Å². The Kier molecular flexibility index (Phi) is 3.86. The summed E-state index contributed by atoms with van der Waals surface area (Å²) in [7, 11) is 0. The van der Waals surface area contributed by atoms with Crippen LogP contribution in [0.2, 0.25) is 0 Å². The lowest BCUT2D eigenvalue weighted by molar-refractivity contribution is -0.130. The Balaban J connectivity index is 1.75. The maximum Gasteiger partial charge on any atom is 0.161 e. The molecule has 4 heteroatoms. The molecule has 0 aromatic carbocycles. The summed E-state index contributed by atoms with van der Waals surface area (Å²) < 4.78 is 0. The van der Waals surface area contributed by atoms with Crippen molar-refractivity contribution in [3.63, 3.8) is 0 Å². The van der Waals surface area contributed by atoms with Gasteiger partial charge in [0, 0.05) is 17.8 Å². The summed E-state index contributed by atoms with van der Waals surface area (Å²) in [5.74, 6) is 0.765. The molecule has 4 nitrogen and oxygen atoms in total. The first-order valence-corrected chi connectivity index (χ1v) is 9.58. The first kappa shape index (κ1) is 17.2. The first-order valence-electron chi connectivity index (χ1n) is 9.58. The van der Waals surface area contributed by atoms with Gasteiger partial charge in [-0.3, -0.25) is 9.59 Å². The van der Waals surface area contributed by atoms with Gasteiger partial charge in [0.2, 0.25) is 0 Å². The number of carbonyl (C=O) groups is 2. The lowest BCUT2D eigenvalue weighted by atomic mass is 9.50. The predicted octanol–water partition coefficient (Wildman–Crippen LogP) is 2.59. The minimum atomic E-state index is -0.644. The molecule has 0 spiro atoms. The molecule has 2 N–H and O–H groups in total. The zero-order chi connectivity index (χ0) is 18.0. The SMILES string of the molecule is C[C@@]12C(=CC(=O)CC1O)CC[C@@H]1C2=CC[C@]2(C)[C@@H](C(=O)CO)CC[C@@H]12. The maximum atomic E-state index is 12.3. The van der Waals surface area contributed by atoms with E-state index in [9.17, 15) is 19.8 Å². The van der Waals surface area contributed by atoms with E-state index in [1.165, 1.54) is 5.57 Å². The number of aliphatic hydroxyl groups excluding tert-OH is 2. The molecule has 0 aliphatic heterocycles. The topological polar surface area (TPSA) is 74.6 Å². The fraction of sp³-hybridized carbons (Fsp3) is 0.714. The largest absolute Gasteiger partial charge is 0.391 e. The van der Waals surface area contributed by atoms with Crippen molar-refractivity contribution in [2.75, 3.05) is 6.61 Å². The molecule has 1 unspecified atom stereocenters. The standard InChI is InChI=1S/C21H28O4/c1-20-8-7-16-14(15(20)5-6-17(20)18(24)11-22)4-3-12-9-13(23)10-19(25)21(12,16)2/h7,9,14-15,17,19,22,25H,3-6,8,10-11H2,1-2H3/t14-,15-,17+,19?,20-,21-/m0/s1. The van der Waals surface area contributed by atoms with E-state index in [-0.39, 0.29) is 35.9 Å². The van der Waals surface area contributed by atoms with Gasteiger partial charge in [0.15, 0.2) is 11.6 Å². The summed E-state index contributed by atoms with van der Waals surface area (Å²) in [5.41, 5.74) is 1.88. The Morgan fingerprint density at radius 1 is 1.28 bits per heavy atom. The van der Waals surface area contributed by atoms with Gasteiger partial charge in [0.05, 0.1) is 6.10 Å². The van der Waals surface area contributed by atoms with Gasteiger partial charge in [-0.1, -0.05) is 24.1 Å². The molecular weight excluding hydrogens is 316 g/mol. The highest BCUT2D eigenvalue weighted by Gasteiger charge is 2.58. The smallest absolute Gasteiger partial charge is 0.161 e. The van der Waals surface area contributed by atoms with Crippen molar-refractivity contribution < 1.29 is 19.8 Å². The third kappa shape index (κ3) is 2.20. The fourth-order valence-electron chi connectivity index (χ4n) is 6.54. The van der Waals surface area contributed by atoms with E-state index in [2.05, 4.69) is 19.9 Å². The average molecular weight is 344 g/mol. The molecule has 2 fully saturated rings. The second kappa shape index (κ2) is 5.62. The van der Waals surface area contributed by atoms with Crippen molar-refractivity contribution in [2.24, 2.45) is 28.6 Å². The molecule has 4 aliphatic carbocycles. The monoisotopic (exact) mass is 344 g/mol. The summed E-state index contributed by atoms with van der Waals surface area (Å²) in [6.45, 7) is 3.95. The Labute approximate surface area is 149 Å². The highest BCUT2D eigenvalue weighted by atomic mass is 16.3. The van der Waals surface area contributed by atoms with Gasteiger partial charge < -0.3 is 10.2 Å². The van der Waals surface area contributed by atoms with E-state index in [1.54, 1.807) is 6.08 Å². The van der Waals surface area contributed by atoms with Gasteiger partial charge in [-0.2, -0.15) is 0 Å². The summed E-state index contributed by atoms with van der Waals surface area (Å²) in [6, 6.07) is 0. The Hall–Kier alpha value is -1.26. The third-order valence-corrected chi connectivity index (χ3v) is 7.99. The van der Waals surface area contributed by atoms with Gasteiger partial charge in [-0.05, 0) is 62.4 Å². The molecule has 136 valence electrons. The Bertz CT molecular complexity index is 690. The van der Waals surface area contributed by atoms with Crippen LogP contribution >= 0.6 is 0 Å². The van der Waals surface area contributed by atoms with Gasteiger partial charge in [0.25, 0.3) is 0 Å². The van der Waals surface area contributed by atoms with E-state index in [1.807, 2.05) is 0 Å². The van der Waals surface area contributed by atoms with E-state index in [4.69, 9.17) is 0 Å². The Morgan fingerprint density at radius 3 is 2.76 bits per heavy atom. The third-order valence-electron chi connectivity index (χ3n) is 7.99. The van der Waals surface area contributed by atoms with Gasteiger partial charge >= 0.3 is 0 Å². The zero-order valence-electron chi connectivity index (χ0n) is 15.1. The minimum absolute atomic E-state index is 0.0206. The predicted molar refractivity (Wildman–Crippen MR) is 93.7 cm³/mol. The molecular formula is C21H28O4. The van der Waals surface area contributed by atoms with Crippen LogP contribution in [0.25, 0.3) is 0 Å². The molecule has 0 saturated heterocycles. The summed E-state index contributed by atoms with van der Waals surface area (Å²) in [6.07, 6.45) is 8.13. The van der Waals surface area contributed by atoms with Crippen molar-refractivity contribution in [2.45, 2.75) is 58.5 Å². The zero-order valence-corrected chi connectivity index (χ0v) is 15.1. The van der Waals surface area contributed by atoms with Crippen LogP contribution in [0.5, 0.6) is 0 Å². The maximum absolute atomic E-state index is 12.3. The summed E-state index contributed by atoms with van der Waals surface area (Å²) in [4.78, 5) is 24.2. The van der Waals surface area contributed by atoms with Crippen molar-refractivity contribution >= 4 is 11.6 Å². The van der Waals surface area contributed by atoms with Crippen molar-refractivity contribution in [1.29, 1.82) is 0 Å². The van der Waals surface area contributed by atoms with Crippen molar-refractivity contribution in [3.05, 3.63) is 23.3 Å². The quantitative estimate of drug-likeness (QED) is 0.755. The molecule has 4 rings (SSSR count). The van der Waals surface area contributed by atoms with E-state index >= 15 is 0 Å². The molecule has 4 aliphatic rings.